The predicted octanol–water partition coefficient (Wildman–Crippen LogP) is 2.61. The van der Waals surface area contributed by atoms with E-state index in [-0.39, 0.29) is 25.6 Å². The molecule has 0 saturated carbocycles. The number of likely N-dealkylation sites (tertiary alicyclic amines) is 1. The number of halogens is 3. The average Bonchev–Trinajstić information content (AvgIpc) is 3.03. The molecule has 9 heteroatoms. The second kappa shape index (κ2) is 9.96. The number of benzene rings is 1. The SMILES string of the molecule is CCN(CC)C(CNC(=O)C1CC(=O)N(CC(F)(F)F)C1)c1cccc(OC)c1. The Labute approximate surface area is 169 Å². The van der Waals surface area contributed by atoms with Gasteiger partial charge in [-0.15, -0.1) is 0 Å². The lowest BCUT2D eigenvalue weighted by Crippen LogP contribution is -2.41. The van der Waals surface area contributed by atoms with Gasteiger partial charge in [0, 0.05) is 19.5 Å². The summed E-state index contributed by atoms with van der Waals surface area (Å²) in [6.45, 7) is 4.32. The van der Waals surface area contributed by atoms with Crippen LogP contribution in [0, 0.1) is 5.92 Å². The zero-order valence-corrected chi connectivity index (χ0v) is 17.0. The standard InChI is InChI=1S/C20H28F3N3O3/c1-4-25(5-2)17(14-7-6-8-16(9-14)29-3)11-24-19(28)15-10-18(27)26(12-15)13-20(21,22)23/h6-9,15,17H,4-5,10-13H2,1-3H3,(H,24,28). The van der Waals surface area contributed by atoms with E-state index >= 15 is 0 Å². The molecule has 29 heavy (non-hydrogen) atoms. The van der Waals surface area contributed by atoms with Gasteiger partial charge in [-0.05, 0) is 30.8 Å². The van der Waals surface area contributed by atoms with Gasteiger partial charge in [0.05, 0.1) is 19.1 Å². The van der Waals surface area contributed by atoms with Gasteiger partial charge < -0.3 is 15.0 Å². The molecule has 1 aliphatic heterocycles. The highest BCUT2D eigenvalue weighted by molar-refractivity contribution is 5.89. The van der Waals surface area contributed by atoms with Crippen LogP contribution in [0.15, 0.2) is 24.3 Å². The molecule has 1 N–H and O–H groups in total. The third-order valence-electron chi connectivity index (χ3n) is 5.16. The van der Waals surface area contributed by atoms with Crippen molar-refractivity contribution in [3.8, 4) is 5.75 Å². The molecule has 1 fully saturated rings. The molecule has 2 unspecified atom stereocenters. The normalized spacial score (nSPS) is 18.2. The topological polar surface area (TPSA) is 61.9 Å². The summed E-state index contributed by atoms with van der Waals surface area (Å²) in [6, 6.07) is 7.44. The lowest BCUT2D eigenvalue weighted by atomic mass is 10.0. The highest BCUT2D eigenvalue weighted by atomic mass is 19.4. The highest BCUT2D eigenvalue weighted by Gasteiger charge is 2.40. The molecule has 2 amide bonds. The fraction of sp³-hybridized carbons (Fsp3) is 0.600. The lowest BCUT2D eigenvalue weighted by Gasteiger charge is -2.30. The summed E-state index contributed by atoms with van der Waals surface area (Å²) in [6.07, 6.45) is -4.67. The number of likely N-dealkylation sites (N-methyl/N-ethyl adjacent to an activating group) is 1. The minimum atomic E-state index is -4.47. The van der Waals surface area contributed by atoms with Crippen LogP contribution in [0.5, 0.6) is 5.75 Å². The van der Waals surface area contributed by atoms with E-state index in [1.165, 1.54) is 0 Å². The van der Waals surface area contributed by atoms with Crippen LogP contribution in [0.1, 0.15) is 31.9 Å². The maximum atomic E-state index is 12.6. The van der Waals surface area contributed by atoms with Crippen molar-refractivity contribution in [2.24, 2.45) is 5.92 Å². The van der Waals surface area contributed by atoms with Gasteiger partial charge in [-0.1, -0.05) is 26.0 Å². The van der Waals surface area contributed by atoms with Crippen molar-refractivity contribution in [2.75, 3.05) is 39.8 Å². The number of amides is 2. The molecule has 162 valence electrons. The second-order valence-electron chi connectivity index (χ2n) is 7.05. The molecule has 1 aromatic carbocycles. The van der Waals surface area contributed by atoms with Crippen LogP contribution in [-0.4, -0.2) is 67.6 Å². The summed E-state index contributed by atoms with van der Waals surface area (Å²) >= 11 is 0. The van der Waals surface area contributed by atoms with Crippen LogP contribution in [0.2, 0.25) is 0 Å². The van der Waals surface area contributed by atoms with Crippen molar-refractivity contribution in [1.82, 2.24) is 15.1 Å². The molecular weight excluding hydrogens is 387 g/mol. The maximum Gasteiger partial charge on any atom is 0.406 e. The molecule has 0 radical (unpaired) electrons. The first-order chi connectivity index (χ1) is 13.7. The quantitative estimate of drug-likeness (QED) is 0.674. The number of nitrogens with zero attached hydrogens (tertiary/aromatic N) is 2. The molecule has 0 aromatic heterocycles. The number of alkyl halides is 3. The Kier molecular flexibility index (Phi) is 7.89. The monoisotopic (exact) mass is 415 g/mol. The van der Waals surface area contributed by atoms with Crippen LogP contribution in [-0.2, 0) is 9.59 Å². The minimum absolute atomic E-state index is 0.118. The summed E-state index contributed by atoms with van der Waals surface area (Å²) in [5, 5.41) is 2.83. The average molecular weight is 415 g/mol. The van der Waals surface area contributed by atoms with Crippen molar-refractivity contribution in [1.29, 1.82) is 0 Å². The van der Waals surface area contributed by atoms with E-state index in [9.17, 15) is 22.8 Å². The van der Waals surface area contributed by atoms with Gasteiger partial charge in [-0.25, -0.2) is 0 Å². The van der Waals surface area contributed by atoms with Gasteiger partial charge in [0.1, 0.15) is 12.3 Å². The minimum Gasteiger partial charge on any atom is -0.497 e. The number of rotatable bonds is 9. The van der Waals surface area contributed by atoms with E-state index < -0.39 is 30.5 Å². The zero-order valence-electron chi connectivity index (χ0n) is 17.0. The molecule has 6 nitrogen and oxygen atoms in total. The summed E-state index contributed by atoms with van der Waals surface area (Å²) < 4.78 is 43.0. The molecule has 1 aromatic rings. The maximum absolute atomic E-state index is 12.6. The van der Waals surface area contributed by atoms with Crippen LogP contribution >= 0.6 is 0 Å². The molecule has 0 spiro atoms. The van der Waals surface area contributed by atoms with E-state index in [1.807, 2.05) is 38.1 Å². The fourth-order valence-corrected chi connectivity index (χ4v) is 3.63. The molecular formula is C20H28F3N3O3. The number of hydrogen-bond acceptors (Lipinski definition) is 4. The summed E-state index contributed by atoms with van der Waals surface area (Å²) in [4.78, 5) is 27.2. The smallest absolute Gasteiger partial charge is 0.406 e. The Balaban J connectivity index is 2.05. The molecule has 0 aliphatic carbocycles. The predicted molar refractivity (Wildman–Crippen MR) is 102 cm³/mol. The molecule has 2 rings (SSSR count). The van der Waals surface area contributed by atoms with Crippen LogP contribution in [0.25, 0.3) is 0 Å². The Morgan fingerprint density at radius 3 is 2.62 bits per heavy atom. The number of nitrogens with one attached hydrogen (secondary N) is 1. The van der Waals surface area contributed by atoms with Gasteiger partial charge >= 0.3 is 6.18 Å². The highest BCUT2D eigenvalue weighted by Crippen LogP contribution is 2.26. The molecule has 1 saturated heterocycles. The largest absolute Gasteiger partial charge is 0.497 e. The van der Waals surface area contributed by atoms with Crippen LogP contribution in [0.4, 0.5) is 13.2 Å². The molecule has 0 bridgehead atoms. The zero-order chi connectivity index (χ0) is 21.6. The van der Waals surface area contributed by atoms with Crippen molar-refractivity contribution in [3.63, 3.8) is 0 Å². The first-order valence-corrected chi connectivity index (χ1v) is 9.68. The van der Waals surface area contributed by atoms with Crippen molar-refractivity contribution in [3.05, 3.63) is 29.8 Å². The van der Waals surface area contributed by atoms with E-state index in [2.05, 4.69) is 10.2 Å². The van der Waals surface area contributed by atoms with Gasteiger partial charge in [0.25, 0.3) is 0 Å². The number of carbonyl (C=O) groups is 2. The van der Waals surface area contributed by atoms with Gasteiger partial charge in [-0.2, -0.15) is 13.2 Å². The van der Waals surface area contributed by atoms with E-state index in [4.69, 9.17) is 4.74 Å². The number of carbonyl (C=O) groups excluding carboxylic acids is 2. The molecule has 2 atom stereocenters. The van der Waals surface area contributed by atoms with Gasteiger partial charge in [0.2, 0.25) is 11.8 Å². The van der Waals surface area contributed by atoms with E-state index in [0.717, 1.165) is 18.7 Å². The molecule has 1 heterocycles. The van der Waals surface area contributed by atoms with Crippen LogP contribution in [0.3, 0.4) is 0 Å². The Morgan fingerprint density at radius 1 is 1.34 bits per heavy atom. The van der Waals surface area contributed by atoms with Crippen molar-refractivity contribution >= 4 is 11.8 Å². The Bertz CT molecular complexity index is 708. The van der Waals surface area contributed by atoms with E-state index in [1.54, 1.807) is 7.11 Å². The van der Waals surface area contributed by atoms with Gasteiger partial charge in [0.15, 0.2) is 0 Å². The van der Waals surface area contributed by atoms with Gasteiger partial charge in [-0.3, -0.25) is 14.5 Å². The first kappa shape index (κ1) is 23.0. The third kappa shape index (κ3) is 6.35. The third-order valence-corrected chi connectivity index (χ3v) is 5.16. The second-order valence-corrected chi connectivity index (χ2v) is 7.05. The molecule has 1 aliphatic rings. The summed E-state index contributed by atoms with van der Waals surface area (Å²) in [5.74, 6) is -1.11. The fourth-order valence-electron chi connectivity index (χ4n) is 3.63. The van der Waals surface area contributed by atoms with Crippen LogP contribution < -0.4 is 10.1 Å². The lowest BCUT2D eigenvalue weighted by molar-refractivity contribution is -0.157. The number of hydrogen-bond donors (Lipinski definition) is 1. The van der Waals surface area contributed by atoms with Crippen molar-refractivity contribution in [2.45, 2.75) is 32.5 Å². The Morgan fingerprint density at radius 2 is 2.03 bits per heavy atom. The Hall–Kier alpha value is -2.29. The number of ether oxygens (including phenoxy) is 1. The van der Waals surface area contributed by atoms with E-state index in [0.29, 0.717) is 10.6 Å². The van der Waals surface area contributed by atoms with Crippen molar-refractivity contribution < 1.29 is 27.5 Å². The first-order valence-electron chi connectivity index (χ1n) is 9.68. The number of methoxy groups -OCH3 is 1. The summed E-state index contributed by atoms with van der Waals surface area (Å²) in [5.41, 5.74) is 0.967. The summed E-state index contributed by atoms with van der Waals surface area (Å²) in [7, 11) is 1.58.